The van der Waals surface area contributed by atoms with Gasteiger partial charge in [0.05, 0.1) is 11.3 Å². The number of carbonyl (C=O) groups is 2. The van der Waals surface area contributed by atoms with Crippen molar-refractivity contribution >= 4 is 33.3 Å². The first-order valence-corrected chi connectivity index (χ1v) is 10.5. The van der Waals surface area contributed by atoms with Crippen molar-refractivity contribution in [3.8, 4) is 0 Å². The zero-order valence-electron chi connectivity index (χ0n) is 16.1. The van der Waals surface area contributed by atoms with Gasteiger partial charge >= 0.3 is 5.97 Å². The number of benzene rings is 1. The molecule has 1 aromatic carbocycles. The fourth-order valence-electron chi connectivity index (χ4n) is 3.28. The summed E-state index contributed by atoms with van der Waals surface area (Å²) in [6, 6.07) is 7.10. The molecule has 30 heavy (non-hydrogen) atoms. The molecule has 3 aromatic rings. The number of aromatic nitrogens is 2. The number of aliphatic carboxylic acids is 1. The van der Waals surface area contributed by atoms with E-state index in [0.717, 1.165) is 28.6 Å². The van der Waals surface area contributed by atoms with Gasteiger partial charge in [0, 0.05) is 43.8 Å². The summed E-state index contributed by atoms with van der Waals surface area (Å²) in [6.07, 6.45) is 3.49. The Hall–Kier alpha value is -3.11. The number of nitrogens with zero attached hydrogens (tertiary/aromatic N) is 3. The lowest BCUT2D eigenvalue weighted by Crippen LogP contribution is -2.40. The lowest BCUT2D eigenvalue weighted by atomic mass is 10.2. The van der Waals surface area contributed by atoms with Crippen LogP contribution < -0.4 is 0 Å². The molecule has 0 spiro atoms. The van der Waals surface area contributed by atoms with E-state index in [1.807, 2.05) is 0 Å². The van der Waals surface area contributed by atoms with Crippen molar-refractivity contribution in [2.45, 2.75) is 30.3 Å². The van der Waals surface area contributed by atoms with Crippen LogP contribution in [-0.2, 0) is 32.6 Å². The van der Waals surface area contributed by atoms with Crippen molar-refractivity contribution in [2.24, 2.45) is 0 Å². The molecular weight excluding hydrogens is 413 g/mol. The summed E-state index contributed by atoms with van der Waals surface area (Å²) in [4.78, 5) is 26.6. The number of hydrogen-bond acceptors (Lipinski definition) is 5. The quantitative estimate of drug-likeness (QED) is 0.518. The Morgan fingerprint density at radius 1 is 1.30 bits per heavy atom. The van der Waals surface area contributed by atoms with E-state index in [2.05, 4.69) is 4.98 Å². The number of likely N-dealkylation sites (N-methyl/N-ethyl adjacent to an activating group) is 1. The molecule has 0 bridgehead atoms. The topological polar surface area (TPSA) is 110 Å². The monoisotopic (exact) mass is 433 g/mol. The third-order valence-electron chi connectivity index (χ3n) is 4.84. The number of aldehydes is 1. The average molecular weight is 433 g/mol. The zero-order chi connectivity index (χ0) is 21.9. The molecule has 0 radical (unpaired) electrons. The first-order valence-electron chi connectivity index (χ1n) is 9.05. The van der Waals surface area contributed by atoms with Crippen molar-refractivity contribution in [1.82, 2.24) is 13.9 Å². The molecule has 0 aliphatic rings. The highest BCUT2D eigenvalue weighted by molar-refractivity contribution is 7.89. The summed E-state index contributed by atoms with van der Waals surface area (Å²) in [5.41, 5.74) is 1.04. The molecule has 0 aliphatic heterocycles. The van der Waals surface area contributed by atoms with E-state index in [1.165, 1.54) is 7.05 Å². The van der Waals surface area contributed by atoms with Crippen molar-refractivity contribution in [3.63, 3.8) is 0 Å². The van der Waals surface area contributed by atoms with Gasteiger partial charge in [0.25, 0.3) is 0 Å². The molecule has 0 unspecified atom stereocenters. The fourth-order valence-corrected chi connectivity index (χ4v) is 4.64. The number of fused-ring (bicyclic) bond motifs is 1. The normalized spacial score (nSPS) is 12.9. The number of rotatable bonds is 9. The van der Waals surface area contributed by atoms with E-state index >= 15 is 0 Å². The van der Waals surface area contributed by atoms with Crippen LogP contribution in [0.25, 0.3) is 11.0 Å². The van der Waals surface area contributed by atoms with Gasteiger partial charge in [-0.05, 0) is 42.0 Å². The number of sulfonamides is 1. The minimum atomic E-state index is -3.98. The summed E-state index contributed by atoms with van der Waals surface area (Å²) < 4.78 is 41.8. The largest absolute Gasteiger partial charge is 0.481 e. The Kier molecular flexibility index (Phi) is 6.28. The van der Waals surface area contributed by atoms with Crippen LogP contribution in [0.3, 0.4) is 0 Å². The lowest BCUT2D eigenvalue weighted by molar-refractivity contribution is -0.136. The molecule has 2 heterocycles. The maximum Gasteiger partial charge on any atom is 0.307 e. The van der Waals surface area contributed by atoms with E-state index in [9.17, 15) is 22.4 Å². The summed E-state index contributed by atoms with van der Waals surface area (Å²) >= 11 is 0. The smallest absolute Gasteiger partial charge is 0.307 e. The summed E-state index contributed by atoms with van der Waals surface area (Å²) in [5.74, 6) is -1.56. The van der Waals surface area contributed by atoms with Crippen LogP contribution in [0.4, 0.5) is 4.39 Å². The zero-order valence-corrected chi connectivity index (χ0v) is 16.9. The molecule has 0 aliphatic carbocycles. The van der Waals surface area contributed by atoms with Gasteiger partial charge in [0.1, 0.15) is 17.8 Å². The fraction of sp³-hybridized carbons (Fsp3) is 0.250. The highest BCUT2D eigenvalue weighted by atomic mass is 32.2. The van der Waals surface area contributed by atoms with E-state index in [0.29, 0.717) is 22.9 Å². The SMILES string of the molecule is CN([C@@H](CC=O)Cn1cc(CC(=O)O)c2cccnc21)S(=O)(=O)c1ccc(F)cc1. The summed E-state index contributed by atoms with van der Waals surface area (Å²) in [5, 5.41) is 9.80. The molecule has 1 N–H and O–H groups in total. The van der Waals surface area contributed by atoms with Gasteiger partial charge in [-0.2, -0.15) is 4.31 Å². The van der Waals surface area contributed by atoms with E-state index in [4.69, 9.17) is 5.11 Å². The number of carboxylic acids is 1. The van der Waals surface area contributed by atoms with Gasteiger partial charge in [0.2, 0.25) is 10.0 Å². The van der Waals surface area contributed by atoms with Crippen molar-refractivity contribution in [1.29, 1.82) is 0 Å². The average Bonchev–Trinajstić information content (AvgIpc) is 3.04. The predicted molar refractivity (Wildman–Crippen MR) is 107 cm³/mol. The summed E-state index contributed by atoms with van der Waals surface area (Å²) in [7, 11) is -2.63. The lowest BCUT2D eigenvalue weighted by Gasteiger charge is -2.26. The minimum absolute atomic E-state index is 0.0856. The third kappa shape index (κ3) is 4.39. The van der Waals surface area contributed by atoms with Gasteiger partial charge in [-0.1, -0.05) is 0 Å². The second-order valence-corrected chi connectivity index (χ2v) is 8.78. The second-order valence-electron chi connectivity index (χ2n) is 6.78. The molecule has 10 heteroatoms. The number of pyridine rings is 1. The second kappa shape index (κ2) is 8.72. The highest BCUT2D eigenvalue weighted by Gasteiger charge is 2.29. The van der Waals surface area contributed by atoms with Crippen LogP contribution in [0.2, 0.25) is 0 Å². The van der Waals surface area contributed by atoms with Crippen LogP contribution in [0, 0.1) is 5.82 Å². The molecule has 0 amide bonds. The van der Waals surface area contributed by atoms with Crippen molar-refractivity contribution in [3.05, 3.63) is 60.2 Å². The van der Waals surface area contributed by atoms with Gasteiger partial charge < -0.3 is 14.5 Å². The molecular formula is C20H20FN3O5S. The first kappa shape index (κ1) is 21.6. The van der Waals surface area contributed by atoms with E-state index in [-0.39, 0.29) is 24.3 Å². The van der Waals surface area contributed by atoms with E-state index in [1.54, 1.807) is 29.1 Å². The van der Waals surface area contributed by atoms with Crippen LogP contribution >= 0.6 is 0 Å². The number of carbonyl (C=O) groups excluding carboxylic acids is 1. The van der Waals surface area contributed by atoms with Crippen LogP contribution in [0.15, 0.2) is 53.7 Å². The van der Waals surface area contributed by atoms with Crippen LogP contribution in [-0.4, -0.2) is 52.7 Å². The highest BCUT2D eigenvalue weighted by Crippen LogP contribution is 2.23. The molecule has 0 saturated carbocycles. The molecule has 2 aromatic heterocycles. The molecule has 158 valence electrons. The molecule has 0 saturated heterocycles. The van der Waals surface area contributed by atoms with Gasteiger partial charge in [0.15, 0.2) is 0 Å². The standard InChI is InChI=1S/C20H20FN3O5S/c1-23(30(28,29)17-6-4-15(21)5-7-17)16(8-10-25)13-24-12-14(11-19(26)27)18-3-2-9-22-20(18)24/h2-7,9-10,12,16H,8,11,13H2,1H3,(H,26,27)/t16-/m0/s1. The van der Waals surface area contributed by atoms with Gasteiger partial charge in [-0.25, -0.2) is 17.8 Å². The number of carboxylic acid groups (broad SMARTS) is 1. The van der Waals surface area contributed by atoms with Gasteiger partial charge in [-0.15, -0.1) is 0 Å². The maximum absolute atomic E-state index is 13.2. The maximum atomic E-state index is 13.2. The molecule has 3 rings (SSSR count). The Morgan fingerprint density at radius 2 is 2.00 bits per heavy atom. The Bertz CT molecular complexity index is 1170. The minimum Gasteiger partial charge on any atom is -0.481 e. The third-order valence-corrected chi connectivity index (χ3v) is 6.76. The van der Waals surface area contributed by atoms with Crippen molar-refractivity contribution < 1.29 is 27.5 Å². The van der Waals surface area contributed by atoms with Crippen molar-refractivity contribution in [2.75, 3.05) is 7.05 Å². The Labute approximate surface area is 172 Å². The Morgan fingerprint density at radius 3 is 2.63 bits per heavy atom. The first-order chi connectivity index (χ1) is 14.2. The molecule has 0 fully saturated rings. The van der Waals surface area contributed by atoms with E-state index < -0.39 is 27.9 Å². The van der Waals surface area contributed by atoms with Gasteiger partial charge in [-0.3, -0.25) is 4.79 Å². The summed E-state index contributed by atoms with van der Waals surface area (Å²) in [6.45, 7) is 0.0861. The molecule has 8 nitrogen and oxygen atoms in total. The molecule has 1 atom stereocenters. The van der Waals surface area contributed by atoms with Crippen LogP contribution in [0.1, 0.15) is 12.0 Å². The number of halogens is 1. The Balaban J connectivity index is 1.97. The number of hydrogen-bond donors (Lipinski definition) is 1. The van der Waals surface area contributed by atoms with Crippen LogP contribution in [0.5, 0.6) is 0 Å². The predicted octanol–water partition coefficient (Wildman–Crippen LogP) is 2.08.